The predicted octanol–water partition coefficient (Wildman–Crippen LogP) is -17.4. The zero-order valence-corrected chi connectivity index (χ0v) is 46.0. The van der Waals surface area contributed by atoms with Crippen LogP contribution in [0.15, 0.2) is 0 Å². The topological polar surface area (TPSA) is 633 Å². The standard InChI is InChI=1S/C48H80O40/c49-1-9-33-17(57)25(65)41(73-9)82-34-10(2-50)75-43(27(67)19(34)59)84-36-12(4-52)77-45(29(69)21(36)61)86-38-14(6-54)79-47(31(71)23(38)63)88-40-16(8-56)80-48(32(72)24(40)64)87-39-15(7-55)78-46(30(70)22(39)62)85-37-13(5-53)76-44(28(68)20(37)60)83-35-11(3-51)74-42(81-33)26(66)18(35)58/h9-72H,1-8H2/t9-,10-,11-,12-,13-,14-,15?,16?,17-,18-,19-,20-,21-,22-,23-,24-,25-,26-,27-,28-,29-,30-,31-,32-,33-,34-,35-,36-,37-,38-,39-,40-,41-,42-,43-,44-,45-,46-,47-,48-/m1/s1. The molecule has 0 saturated carbocycles. The molecule has 24 N–H and O–H groups in total. The number of hydrogen-bond donors (Lipinski definition) is 24. The predicted molar refractivity (Wildman–Crippen MR) is 261 cm³/mol. The molecule has 0 radical (unpaired) electrons. The van der Waals surface area contributed by atoms with E-state index in [1.165, 1.54) is 0 Å². The van der Waals surface area contributed by atoms with Gasteiger partial charge in [0.1, 0.15) is 195 Å². The lowest BCUT2D eigenvalue weighted by molar-refractivity contribution is -0.404. The zero-order chi connectivity index (χ0) is 64.1. The van der Waals surface area contributed by atoms with Crippen molar-refractivity contribution in [3.8, 4) is 0 Å². The van der Waals surface area contributed by atoms with Crippen molar-refractivity contribution in [2.75, 3.05) is 52.9 Å². The first-order chi connectivity index (χ1) is 41.9. The van der Waals surface area contributed by atoms with Gasteiger partial charge < -0.3 is 198 Å². The van der Waals surface area contributed by atoms with Crippen LogP contribution in [-0.4, -0.2) is 421 Å². The lowest BCUT2D eigenvalue weighted by Gasteiger charge is -2.50. The Kier molecular flexibility index (Phi) is 24.1. The molecule has 0 spiro atoms. The Labute approximate surface area is 496 Å². The van der Waals surface area contributed by atoms with Gasteiger partial charge in [0.15, 0.2) is 50.3 Å². The first-order valence-corrected chi connectivity index (χ1v) is 28.1. The van der Waals surface area contributed by atoms with Gasteiger partial charge in [0.25, 0.3) is 0 Å². The van der Waals surface area contributed by atoms with Gasteiger partial charge in [-0.1, -0.05) is 0 Å². The molecular weight excluding hydrogens is 1220 g/mol. The van der Waals surface area contributed by atoms with Crippen molar-refractivity contribution in [3.63, 3.8) is 0 Å². The molecule has 0 aromatic heterocycles. The summed E-state index contributed by atoms with van der Waals surface area (Å²) in [5, 5.41) is 265. The average Bonchev–Trinajstić information content (AvgIpc) is 3.62. The van der Waals surface area contributed by atoms with E-state index in [9.17, 15) is 123 Å². The van der Waals surface area contributed by atoms with Gasteiger partial charge in [-0.25, -0.2) is 0 Å². The van der Waals surface area contributed by atoms with E-state index in [1.54, 1.807) is 0 Å². The van der Waals surface area contributed by atoms with E-state index in [4.69, 9.17) is 75.8 Å². The van der Waals surface area contributed by atoms with Crippen molar-refractivity contribution < 1.29 is 198 Å². The zero-order valence-electron chi connectivity index (χ0n) is 46.0. The highest BCUT2D eigenvalue weighted by atomic mass is 16.8. The van der Waals surface area contributed by atoms with Crippen LogP contribution in [0.2, 0.25) is 0 Å². The molecule has 40 atom stereocenters. The Balaban J connectivity index is 0.975. The van der Waals surface area contributed by atoms with Gasteiger partial charge in [0.2, 0.25) is 0 Å². The summed E-state index contributed by atoms with van der Waals surface area (Å²) < 4.78 is 91.1. The molecule has 30 aliphatic heterocycles. The van der Waals surface area contributed by atoms with Crippen molar-refractivity contribution in [1.29, 1.82) is 0 Å². The Morgan fingerprint density at radius 2 is 0.227 bits per heavy atom. The van der Waals surface area contributed by atoms with Crippen LogP contribution in [0.25, 0.3) is 0 Å². The molecule has 0 aliphatic carbocycles. The number of hydrogen-bond acceptors (Lipinski definition) is 40. The molecule has 0 aromatic carbocycles. The molecule has 40 nitrogen and oxygen atoms in total. The van der Waals surface area contributed by atoms with Crippen LogP contribution in [0.3, 0.4) is 0 Å². The quantitative estimate of drug-likeness (QED) is 0.107. The van der Waals surface area contributed by atoms with Gasteiger partial charge in [-0.2, -0.15) is 0 Å². The summed E-state index contributed by atoms with van der Waals surface area (Å²) in [6.45, 7) is -8.64. The second-order valence-electron chi connectivity index (χ2n) is 22.5. The Hall–Kier alpha value is -1.60. The van der Waals surface area contributed by atoms with Crippen molar-refractivity contribution in [2.45, 2.75) is 246 Å². The second-order valence-corrected chi connectivity index (χ2v) is 22.5. The number of ether oxygens (including phenoxy) is 16. The maximum atomic E-state index is 11.4. The van der Waals surface area contributed by atoms with E-state index in [2.05, 4.69) is 0 Å². The highest BCUT2D eigenvalue weighted by Crippen LogP contribution is 2.40. The molecule has 30 rings (SSSR count). The Bertz CT molecular complexity index is 1700. The summed E-state index contributed by atoms with van der Waals surface area (Å²) in [6, 6.07) is 0. The first kappa shape index (κ1) is 70.7. The van der Waals surface area contributed by atoms with E-state index < -0.39 is 299 Å². The summed E-state index contributed by atoms with van der Waals surface area (Å²) in [4.78, 5) is 0. The van der Waals surface area contributed by atoms with Gasteiger partial charge >= 0.3 is 0 Å². The number of rotatable bonds is 8. The molecule has 0 aromatic rings. The van der Waals surface area contributed by atoms with E-state index in [0.717, 1.165) is 0 Å². The van der Waals surface area contributed by atoms with Crippen LogP contribution >= 0.6 is 0 Å². The third-order valence-electron chi connectivity index (χ3n) is 16.9. The molecule has 2 unspecified atom stereocenters. The van der Waals surface area contributed by atoms with Crippen molar-refractivity contribution >= 4 is 0 Å². The molecular formula is C48H80O40. The van der Waals surface area contributed by atoms with Gasteiger partial charge in [0.05, 0.1) is 52.9 Å². The molecule has 30 aliphatic rings. The third-order valence-corrected chi connectivity index (χ3v) is 16.9. The summed E-state index contributed by atoms with van der Waals surface area (Å²) >= 11 is 0. The molecule has 30 saturated heterocycles. The lowest BCUT2D eigenvalue weighted by Crippen LogP contribution is -2.69. The minimum Gasteiger partial charge on any atom is -0.394 e. The monoisotopic (exact) mass is 1300 g/mol. The van der Waals surface area contributed by atoms with Crippen LogP contribution in [0.1, 0.15) is 0 Å². The minimum atomic E-state index is -2.25. The number of aliphatic hydroxyl groups is 24. The molecule has 30 fully saturated rings. The molecule has 512 valence electrons. The largest absolute Gasteiger partial charge is 0.394 e. The van der Waals surface area contributed by atoms with Crippen LogP contribution in [-0.2, 0) is 75.8 Å². The fourth-order valence-corrected chi connectivity index (χ4v) is 11.9. The summed E-state index contributed by atoms with van der Waals surface area (Å²) in [6.07, 6.45) is -82.0. The highest BCUT2D eigenvalue weighted by Gasteiger charge is 2.60. The average molecular weight is 1300 g/mol. The summed E-state index contributed by atoms with van der Waals surface area (Å²) in [5.41, 5.74) is 0. The van der Waals surface area contributed by atoms with Crippen LogP contribution in [0.5, 0.6) is 0 Å². The maximum Gasteiger partial charge on any atom is 0.187 e. The Morgan fingerprint density at radius 1 is 0.136 bits per heavy atom. The van der Waals surface area contributed by atoms with E-state index in [-0.39, 0.29) is 0 Å². The summed E-state index contributed by atoms with van der Waals surface area (Å²) in [5.74, 6) is 0. The fraction of sp³-hybridized carbons (Fsp3) is 1.00. The van der Waals surface area contributed by atoms with Crippen LogP contribution < -0.4 is 0 Å². The molecule has 30 heterocycles. The third kappa shape index (κ3) is 13.8. The van der Waals surface area contributed by atoms with Gasteiger partial charge in [-0.15, -0.1) is 0 Å². The SMILES string of the molecule is OCC1O[C@@H]2O[C@@H]3C(CO)O[C@H](O[C@H]4[C@H](O)[C@@H](O)[C@@H](O[C@H]5[C@H](O)[C@@H](O)[C@@H](O[C@H]6[C@H](O)[C@@H](O)[C@@H](O[C@H]7[C@H](O)[C@@H](O)[C@@H](O[C@H]8[C@H](O)[C@@H](O)[C@@H](O[C@H]9[C@H](O)[C@@H](O)[C@@H](O[C@H]1[C@H](O)[C@H]2O)O[C@@H]9CO)O[C@@H]8CO)O[C@@H]7CO)O[C@@H]6CO)O[C@@H]5CO)O[C@@H]4CO)[C@H](O)[C@H]3O. The smallest absolute Gasteiger partial charge is 0.187 e. The lowest BCUT2D eigenvalue weighted by atomic mass is 9.94. The normalized spacial score (nSPS) is 55.4. The van der Waals surface area contributed by atoms with Crippen molar-refractivity contribution in [2.24, 2.45) is 0 Å². The van der Waals surface area contributed by atoms with Gasteiger partial charge in [-0.05, 0) is 0 Å². The molecule has 88 heavy (non-hydrogen) atoms. The van der Waals surface area contributed by atoms with Crippen LogP contribution in [0, 0.1) is 0 Å². The van der Waals surface area contributed by atoms with E-state index >= 15 is 0 Å². The molecule has 40 heteroatoms. The maximum absolute atomic E-state index is 11.4. The molecule has 0 amide bonds. The fourth-order valence-electron chi connectivity index (χ4n) is 11.9. The first-order valence-electron chi connectivity index (χ1n) is 28.1. The summed E-state index contributed by atoms with van der Waals surface area (Å²) in [7, 11) is 0. The van der Waals surface area contributed by atoms with Crippen LogP contribution in [0.4, 0.5) is 0 Å². The van der Waals surface area contributed by atoms with Gasteiger partial charge in [-0.3, -0.25) is 0 Å². The number of aliphatic hydroxyl groups excluding tert-OH is 24. The highest BCUT2D eigenvalue weighted by molar-refractivity contribution is 5.02. The Morgan fingerprint density at radius 3 is 0.307 bits per heavy atom. The van der Waals surface area contributed by atoms with E-state index in [1.807, 2.05) is 0 Å². The van der Waals surface area contributed by atoms with Gasteiger partial charge in [0, 0.05) is 0 Å². The second kappa shape index (κ2) is 30.0. The van der Waals surface area contributed by atoms with Crippen molar-refractivity contribution in [1.82, 2.24) is 0 Å². The minimum absolute atomic E-state index is 1.08. The molecule has 16 bridgehead atoms. The van der Waals surface area contributed by atoms with E-state index in [0.29, 0.717) is 0 Å². The van der Waals surface area contributed by atoms with Crippen molar-refractivity contribution in [3.05, 3.63) is 0 Å².